The van der Waals surface area contributed by atoms with E-state index in [-0.39, 0.29) is 46.9 Å². The molecule has 4 aromatic rings. The number of amidine groups is 1. The Kier molecular flexibility index (Phi) is 9.70. The SMILES string of the molecule is CC(C)Nc1ncc(-c2cc(N)cc(NS(=O)(=O)c3ccccc3C(F)(F)F)c2)n(CC(=O)NCc2ccc(C(=N)N)cc2)c1=O. The number of nitrogens with two attached hydrogens (primary N) is 2. The fourth-order valence-electron chi connectivity index (χ4n) is 4.45. The Morgan fingerprint density at radius 1 is 1.07 bits per heavy atom. The van der Waals surface area contributed by atoms with E-state index in [2.05, 4.69) is 20.3 Å². The molecule has 1 aromatic heterocycles. The number of benzene rings is 3. The molecule has 0 radical (unpaired) electrons. The van der Waals surface area contributed by atoms with Crippen LogP contribution in [-0.4, -0.2) is 35.8 Å². The molecule has 8 N–H and O–H groups in total. The Hall–Kier alpha value is -5.38. The largest absolute Gasteiger partial charge is 0.417 e. The zero-order valence-electron chi connectivity index (χ0n) is 24.6. The molecular formula is C30H31F3N8O4S. The average Bonchev–Trinajstić information content (AvgIpc) is 2.97. The minimum Gasteiger partial charge on any atom is -0.399 e. The zero-order valence-corrected chi connectivity index (χ0v) is 25.5. The summed E-state index contributed by atoms with van der Waals surface area (Å²) < 4.78 is 70.1. The molecule has 1 heterocycles. The van der Waals surface area contributed by atoms with Gasteiger partial charge in [-0.25, -0.2) is 13.4 Å². The van der Waals surface area contributed by atoms with Crippen LogP contribution < -0.4 is 32.4 Å². The number of anilines is 3. The Bertz CT molecular complexity index is 1940. The molecule has 0 fully saturated rings. The van der Waals surface area contributed by atoms with Crippen LogP contribution in [0.1, 0.15) is 30.5 Å². The highest BCUT2D eigenvalue weighted by Gasteiger charge is 2.37. The Balaban J connectivity index is 1.68. The van der Waals surface area contributed by atoms with Crippen molar-refractivity contribution in [2.24, 2.45) is 5.73 Å². The van der Waals surface area contributed by atoms with Crippen LogP contribution in [0.15, 0.2) is 82.6 Å². The molecular weight excluding hydrogens is 625 g/mol. The van der Waals surface area contributed by atoms with Crippen molar-refractivity contribution >= 4 is 39.0 Å². The molecule has 0 atom stereocenters. The van der Waals surface area contributed by atoms with Crippen molar-refractivity contribution < 1.29 is 26.4 Å². The number of rotatable bonds is 11. The molecule has 12 nitrogen and oxygen atoms in total. The van der Waals surface area contributed by atoms with Gasteiger partial charge in [-0.15, -0.1) is 0 Å². The van der Waals surface area contributed by atoms with Gasteiger partial charge in [-0.1, -0.05) is 36.4 Å². The maximum Gasteiger partial charge on any atom is 0.417 e. The molecule has 0 spiro atoms. The number of nitrogen functional groups attached to an aromatic ring is 2. The van der Waals surface area contributed by atoms with Gasteiger partial charge >= 0.3 is 6.18 Å². The van der Waals surface area contributed by atoms with Gasteiger partial charge in [0.15, 0.2) is 5.82 Å². The predicted octanol–water partition coefficient (Wildman–Crippen LogP) is 3.73. The first kappa shape index (κ1) is 33.5. The van der Waals surface area contributed by atoms with Gasteiger partial charge in [-0.2, -0.15) is 13.2 Å². The molecule has 0 saturated heterocycles. The van der Waals surface area contributed by atoms with Gasteiger partial charge in [-0.05, 0) is 49.7 Å². The Labute approximate surface area is 262 Å². The van der Waals surface area contributed by atoms with E-state index < -0.39 is 44.7 Å². The molecule has 4 rings (SSSR count). The minimum atomic E-state index is -4.93. The summed E-state index contributed by atoms with van der Waals surface area (Å²) in [5, 5.41) is 13.1. The lowest BCUT2D eigenvalue weighted by molar-refractivity contribution is -0.139. The summed E-state index contributed by atoms with van der Waals surface area (Å²) in [6.07, 6.45) is -3.63. The average molecular weight is 657 g/mol. The fraction of sp³-hybridized carbons (Fsp3) is 0.200. The van der Waals surface area contributed by atoms with Crippen molar-refractivity contribution in [1.82, 2.24) is 14.9 Å². The number of carbonyl (C=O) groups is 1. The number of alkyl halides is 3. The lowest BCUT2D eigenvalue weighted by Crippen LogP contribution is -2.35. The third kappa shape index (κ3) is 8.01. The van der Waals surface area contributed by atoms with Crippen LogP contribution in [-0.2, 0) is 34.1 Å². The number of hydrogen-bond donors (Lipinski definition) is 6. The summed E-state index contributed by atoms with van der Waals surface area (Å²) in [5.74, 6) is -0.691. The maximum atomic E-state index is 13.6. The fourth-order valence-corrected chi connectivity index (χ4v) is 5.72. The zero-order chi connectivity index (χ0) is 33.8. The highest BCUT2D eigenvalue weighted by Crippen LogP contribution is 2.35. The number of aromatic nitrogens is 2. The first-order valence-electron chi connectivity index (χ1n) is 13.7. The van der Waals surface area contributed by atoms with Crippen molar-refractivity contribution in [1.29, 1.82) is 5.41 Å². The number of carbonyl (C=O) groups excluding carboxylic acids is 1. The van der Waals surface area contributed by atoms with Gasteiger partial charge in [-0.3, -0.25) is 24.3 Å². The molecule has 3 aromatic carbocycles. The molecule has 16 heteroatoms. The summed E-state index contributed by atoms with van der Waals surface area (Å²) in [5.41, 5.74) is 10.8. The molecule has 1 amide bonds. The maximum absolute atomic E-state index is 13.6. The molecule has 0 saturated carbocycles. The van der Waals surface area contributed by atoms with Crippen molar-refractivity contribution in [3.05, 3.63) is 100.0 Å². The van der Waals surface area contributed by atoms with Crippen LogP contribution in [0.5, 0.6) is 0 Å². The predicted molar refractivity (Wildman–Crippen MR) is 169 cm³/mol. The van der Waals surface area contributed by atoms with Crippen molar-refractivity contribution in [2.75, 3.05) is 15.8 Å². The summed E-state index contributed by atoms with van der Waals surface area (Å²) in [7, 11) is -4.74. The number of sulfonamides is 1. The van der Waals surface area contributed by atoms with Crippen LogP contribution in [0.4, 0.5) is 30.4 Å². The molecule has 0 aliphatic heterocycles. The molecule has 0 unspecified atom stereocenters. The number of hydrogen-bond acceptors (Lipinski definition) is 8. The van der Waals surface area contributed by atoms with E-state index in [1.807, 2.05) is 0 Å². The first-order valence-corrected chi connectivity index (χ1v) is 15.2. The molecule has 0 aliphatic carbocycles. The molecule has 46 heavy (non-hydrogen) atoms. The molecule has 0 bridgehead atoms. The van der Waals surface area contributed by atoms with Crippen LogP contribution >= 0.6 is 0 Å². The second-order valence-electron chi connectivity index (χ2n) is 10.5. The Morgan fingerprint density at radius 2 is 1.74 bits per heavy atom. The van der Waals surface area contributed by atoms with E-state index in [0.29, 0.717) is 17.2 Å². The van der Waals surface area contributed by atoms with Crippen LogP contribution in [0.2, 0.25) is 0 Å². The van der Waals surface area contributed by atoms with Gasteiger partial charge < -0.3 is 22.1 Å². The van der Waals surface area contributed by atoms with E-state index in [1.165, 1.54) is 24.4 Å². The summed E-state index contributed by atoms with van der Waals surface area (Å²) >= 11 is 0. The second kappa shape index (κ2) is 13.3. The standard InChI is InChI=1S/C30H31F3N8O4S/c1-17(2)39-28-29(43)41(16-26(42)37-14-18-7-9-19(10-8-18)27(35)36)24(15-38-28)20-11-21(34)13-22(12-20)40-46(44,45)25-6-4-3-5-23(25)30(31,32)33/h3-13,15,17,40H,14,16,34H2,1-2H3,(H3,35,36)(H,37,42)(H,38,39). The van der Waals surface area contributed by atoms with Crippen LogP contribution in [0.3, 0.4) is 0 Å². The highest BCUT2D eigenvalue weighted by atomic mass is 32.2. The monoisotopic (exact) mass is 656 g/mol. The number of nitrogens with one attached hydrogen (secondary N) is 4. The lowest BCUT2D eigenvalue weighted by atomic mass is 10.1. The summed E-state index contributed by atoms with van der Waals surface area (Å²) in [6.45, 7) is 3.21. The van der Waals surface area contributed by atoms with Gasteiger partial charge in [0.1, 0.15) is 12.4 Å². The van der Waals surface area contributed by atoms with Gasteiger partial charge in [0.25, 0.3) is 15.6 Å². The van der Waals surface area contributed by atoms with E-state index in [0.717, 1.165) is 22.8 Å². The van der Waals surface area contributed by atoms with Gasteiger partial charge in [0.05, 0.1) is 28.0 Å². The van der Waals surface area contributed by atoms with Crippen molar-refractivity contribution in [3.63, 3.8) is 0 Å². The second-order valence-corrected chi connectivity index (χ2v) is 12.2. The molecule has 0 aliphatic rings. The van der Waals surface area contributed by atoms with E-state index in [4.69, 9.17) is 16.9 Å². The quantitative estimate of drug-likeness (QED) is 0.0797. The third-order valence-electron chi connectivity index (χ3n) is 6.52. The molecule has 242 valence electrons. The van der Waals surface area contributed by atoms with E-state index >= 15 is 0 Å². The van der Waals surface area contributed by atoms with Crippen LogP contribution in [0.25, 0.3) is 11.3 Å². The minimum absolute atomic E-state index is 0.0150. The van der Waals surface area contributed by atoms with Gasteiger partial charge in [0, 0.05) is 29.4 Å². The van der Waals surface area contributed by atoms with Crippen molar-refractivity contribution in [3.8, 4) is 11.3 Å². The number of halogens is 3. The topological polar surface area (TPSA) is 198 Å². The highest BCUT2D eigenvalue weighted by molar-refractivity contribution is 7.92. The third-order valence-corrected chi connectivity index (χ3v) is 7.96. The smallest absolute Gasteiger partial charge is 0.399 e. The lowest BCUT2D eigenvalue weighted by Gasteiger charge is -2.18. The van der Waals surface area contributed by atoms with E-state index in [9.17, 15) is 31.2 Å². The first-order chi connectivity index (χ1) is 21.5. The van der Waals surface area contributed by atoms with Crippen molar-refractivity contribution in [2.45, 2.75) is 44.1 Å². The van der Waals surface area contributed by atoms with E-state index in [1.54, 1.807) is 38.1 Å². The van der Waals surface area contributed by atoms with Crippen LogP contribution in [0, 0.1) is 5.41 Å². The number of amides is 1. The summed E-state index contributed by atoms with van der Waals surface area (Å²) in [4.78, 5) is 29.8. The number of nitrogens with zero attached hydrogens (tertiary/aromatic N) is 2. The normalized spacial score (nSPS) is 11.7. The van der Waals surface area contributed by atoms with Gasteiger partial charge in [0.2, 0.25) is 5.91 Å². The summed E-state index contributed by atoms with van der Waals surface area (Å²) in [6, 6.07) is 14.0. The Morgan fingerprint density at radius 3 is 2.37 bits per heavy atom.